The number of alkyl halides is 2. The van der Waals surface area contributed by atoms with Gasteiger partial charge in [0, 0.05) is 38.0 Å². The summed E-state index contributed by atoms with van der Waals surface area (Å²) in [5, 5.41) is 0. The minimum Gasteiger partial charge on any atom is -0.493 e. The number of aryl methyl sites for hydroxylation is 1. The van der Waals surface area contributed by atoms with Crippen molar-refractivity contribution < 1.29 is 27.4 Å². The molecular formula is C18H20F2N2O4. The summed E-state index contributed by atoms with van der Waals surface area (Å²) in [4.78, 5) is 6.54. The molecule has 3 heterocycles. The highest BCUT2D eigenvalue weighted by molar-refractivity contribution is 5.66. The molecule has 0 radical (unpaired) electrons. The van der Waals surface area contributed by atoms with Crippen LogP contribution >= 0.6 is 0 Å². The van der Waals surface area contributed by atoms with Crippen LogP contribution in [0.3, 0.4) is 0 Å². The summed E-state index contributed by atoms with van der Waals surface area (Å²) in [6.45, 7) is 3.17. The Balaban J connectivity index is 1.56. The molecule has 1 saturated heterocycles. The van der Waals surface area contributed by atoms with Gasteiger partial charge in [-0.25, -0.2) is 13.8 Å². The summed E-state index contributed by atoms with van der Waals surface area (Å²) >= 11 is 0. The Labute approximate surface area is 149 Å². The first-order chi connectivity index (χ1) is 12.4. The molecule has 0 bridgehead atoms. The molecule has 2 aromatic rings. The number of methoxy groups -OCH3 is 1. The zero-order valence-corrected chi connectivity index (χ0v) is 14.7. The summed E-state index contributed by atoms with van der Waals surface area (Å²) in [7, 11) is 1.56. The number of fused-ring (bicyclic) bond motifs is 1. The van der Waals surface area contributed by atoms with Crippen molar-refractivity contribution in [3.8, 4) is 28.7 Å². The maximum absolute atomic E-state index is 13.3. The fraction of sp³-hybridized carbons (Fsp3) is 0.500. The van der Waals surface area contributed by atoms with E-state index < -0.39 is 5.92 Å². The van der Waals surface area contributed by atoms with Crippen LogP contribution in [0.5, 0.6) is 17.2 Å². The number of rotatable bonds is 4. The number of nitrogens with zero attached hydrogens (tertiary/aromatic N) is 2. The Bertz CT molecular complexity index is 812. The van der Waals surface area contributed by atoms with Crippen LogP contribution in [0.25, 0.3) is 11.5 Å². The van der Waals surface area contributed by atoms with E-state index in [9.17, 15) is 8.78 Å². The standard InChI is InChI=1S/C18H20F2N2O4/c1-11-13(9-22-5-3-18(19,20)4-6-22)21-17(26-11)12-7-14(23-2)16-15(8-12)24-10-25-16/h7-8H,3-6,9-10H2,1-2H3. The SMILES string of the molecule is COc1cc(-c2nc(CN3CCC(F)(F)CC3)c(C)o2)cc2c1OCO2. The molecule has 6 nitrogen and oxygen atoms in total. The first-order valence-corrected chi connectivity index (χ1v) is 8.50. The smallest absolute Gasteiger partial charge is 0.250 e. The molecule has 0 spiro atoms. The van der Waals surface area contributed by atoms with E-state index in [0.717, 1.165) is 5.69 Å². The molecule has 8 heteroatoms. The molecule has 2 aliphatic heterocycles. The predicted octanol–water partition coefficient (Wildman–Crippen LogP) is 3.62. The van der Waals surface area contributed by atoms with Gasteiger partial charge in [0.2, 0.25) is 18.4 Å². The van der Waals surface area contributed by atoms with Gasteiger partial charge < -0.3 is 18.6 Å². The van der Waals surface area contributed by atoms with Gasteiger partial charge in [-0.15, -0.1) is 0 Å². The second kappa shape index (κ2) is 6.42. The minimum absolute atomic E-state index is 0.115. The fourth-order valence-electron chi connectivity index (χ4n) is 3.20. The second-order valence-electron chi connectivity index (χ2n) is 6.57. The summed E-state index contributed by atoms with van der Waals surface area (Å²) < 4.78 is 48.6. The number of benzene rings is 1. The van der Waals surface area contributed by atoms with E-state index in [1.807, 2.05) is 11.8 Å². The van der Waals surface area contributed by atoms with Gasteiger partial charge in [0.1, 0.15) is 5.76 Å². The summed E-state index contributed by atoms with van der Waals surface area (Å²) in [5.41, 5.74) is 1.47. The Morgan fingerprint density at radius 2 is 2.00 bits per heavy atom. The van der Waals surface area contributed by atoms with Gasteiger partial charge in [-0.05, 0) is 19.1 Å². The third-order valence-electron chi connectivity index (χ3n) is 4.76. The number of oxazole rings is 1. The monoisotopic (exact) mass is 366 g/mol. The number of halogens is 2. The molecule has 1 fully saturated rings. The molecule has 0 aliphatic carbocycles. The van der Waals surface area contributed by atoms with Crippen molar-refractivity contribution in [2.45, 2.75) is 32.2 Å². The molecule has 0 saturated carbocycles. The maximum atomic E-state index is 13.3. The maximum Gasteiger partial charge on any atom is 0.250 e. The number of likely N-dealkylation sites (tertiary alicyclic amines) is 1. The molecule has 4 rings (SSSR count). The van der Waals surface area contributed by atoms with Gasteiger partial charge >= 0.3 is 0 Å². The zero-order chi connectivity index (χ0) is 18.3. The Kier molecular flexibility index (Phi) is 4.22. The van der Waals surface area contributed by atoms with E-state index >= 15 is 0 Å². The van der Waals surface area contributed by atoms with Crippen molar-refractivity contribution >= 4 is 0 Å². The lowest BCUT2D eigenvalue weighted by molar-refractivity contribution is -0.0568. The second-order valence-corrected chi connectivity index (χ2v) is 6.57. The number of aromatic nitrogens is 1. The van der Waals surface area contributed by atoms with E-state index in [1.165, 1.54) is 0 Å². The van der Waals surface area contributed by atoms with Crippen LogP contribution in [0.1, 0.15) is 24.3 Å². The largest absolute Gasteiger partial charge is 0.493 e. The summed E-state index contributed by atoms with van der Waals surface area (Å²) in [5.74, 6) is 0.254. The van der Waals surface area contributed by atoms with Gasteiger partial charge in [0.25, 0.3) is 5.92 Å². The van der Waals surface area contributed by atoms with Crippen molar-refractivity contribution in [3.63, 3.8) is 0 Å². The molecule has 1 aromatic heterocycles. The van der Waals surface area contributed by atoms with E-state index in [2.05, 4.69) is 4.98 Å². The Morgan fingerprint density at radius 3 is 2.73 bits per heavy atom. The van der Waals surface area contributed by atoms with Gasteiger partial charge in [0.05, 0.1) is 12.8 Å². The number of piperidine rings is 1. The molecule has 2 aliphatic rings. The molecule has 0 unspecified atom stereocenters. The highest BCUT2D eigenvalue weighted by Gasteiger charge is 2.34. The van der Waals surface area contributed by atoms with Crippen LogP contribution in [0.15, 0.2) is 16.5 Å². The molecule has 0 atom stereocenters. The summed E-state index contributed by atoms with van der Waals surface area (Å²) in [6, 6.07) is 3.57. The van der Waals surface area contributed by atoms with Crippen LogP contribution in [-0.4, -0.2) is 42.8 Å². The molecule has 140 valence electrons. The normalized spacial score (nSPS) is 18.9. The van der Waals surface area contributed by atoms with Crippen LogP contribution in [0.2, 0.25) is 0 Å². The quantitative estimate of drug-likeness (QED) is 0.824. The fourth-order valence-corrected chi connectivity index (χ4v) is 3.20. The van der Waals surface area contributed by atoms with Crippen molar-refractivity contribution in [2.24, 2.45) is 0 Å². The van der Waals surface area contributed by atoms with Crippen LogP contribution in [0, 0.1) is 6.92 Å². The number of hydrogen-bond acceptors (Lipinski definition) is 6. The van der Waals surface area contributed by atoms with E-state index in [-0.39, 0.29) is 19.6 Å². The predicted molar refractivity (Wildman–Crippen MR) is 88.8 cm³/mol. The Hall–Kier alpha value is -2.35. The number of hydrogen-bond donors (Lipinski definition) is 0. The highest BCUT2D eigenvalue weighted by Crippen LogP contribution is 2.44. The molecule has 1 aromatic carbocycles. The van der Waals surface area contributed by atoms with Crippen LogP contribution in [-0.2, 0) is 6.54 Å². The van der Waals surface area contributed by atoms with Crippen LogP contribution in [0.4, 0.5) is 8.78 Å². The van der Waals surface area contributed by atoms with Crippen molar-refractivity contribution in [1.29, 1.82) is 0 Å². The third kappa shape index (κ3) is 3.21. The van der Waals surface area contributed by atoms with Gasteiger partial charge in [-0.3, -0.25) is 4.90 Å². The van der Waals surface area contributed by atoms with Crippen molar-refractivity contribution in [1.82, 2.24) is 9.88 Å². The molecule has 0 amide bonds. The molecular weight excluding hydrogens is 346 g/mol. The van der Waals surface area contributed by atoms with Crippen molar-refractivity contribution in [3.05, 3.63) is 23.6 Å². The number of ether oxygens (including phenoxy) is 3. The topological polar surface area (TPSA) is 57.0 Å². The third-order valence-corrected chi connectivity index (χ3v) is 4.76. The van der Waals surface area contributed by atoms with Crippen molar-refractivity contribution in [2.75, 3.05) is 27.0 Å². The Morgan fingerprint density at radius 1 is 1.23 bits per heavy atom. The van der Waals surface area contributed by atoms with Crippen LogP contribution < -0.4 is 14.2 Å². The van der Waals surface area contributed by atoms with E-state index in [4.69, 9.17) is 18.6 Å². The van der Waals surface area contributed by atoms with Gasteiger partial charge in [0.15, 0.2) is 11.5 Å². The average molecular weight is 366 g/mol. The first kappa shape index (κ1) is 17.1. The lowest BCUT2D eigenvalue weighted by Gasteiger charge is -2.31. The zero-order valence-electron chi connectivity index (χ0n) is 14.7. The summed E-state index contributed by atoms with van der Waals surface area (Å²) in [6.07, 6.45) is -0.230. The lowest BCUT2D eigenvalue weighted by Crippen LogP contribution is -2.39. The molecule has 26 heavy (non-hydrogen) atoms. The lowest BCUT2D eigenvalue weighted by atomic mass is 10.1. The van der Waals surface area contributed by atoms with E-state index in [1.54, 1.807) is 19.2 Å². The van der Waals surface area contributed by atoms with E-state index in [0.29, 0.717) is 54.1 Å². The minimum atomic E-state index is -2.55. The van der Waals surface area contributed by atoms with Gasteiger partial charge in [-0.2, -0.15) is 0 Å². The highest BCUT2D eigenvalue weighted by atomic mass is 19.3. The van der Waals surface area contributed by atoms with Gasteiger partial charge in [-0.1, -0.05) is 0 Å². The average Bonchev–Trinajstić information content (AvgIpc) is 3.22. The molecule has 0 N–H and O–H groups in total. The first-order valence-electron chi connectivity index (χ1n) is 8.50.